The molecule has 21 heavy (non-hydrogen) atoms. The molecule has 1 aromatic rings. The van der Waals surface area contributed by atoms with Gasteiger partial charge in [0.2, 0.25) is 5.91 Å². The van der Waals surface area contributed by atoms with Crippen LogP contribution in [0.3, 0.4) is 0 Å². The first-order valence-electron chi connectivity index (χ1n) is 7.96. The van der Waals surface area contributed by atoms with Crippen LogP contribution < -0.4 is 5.32 Å². The zero-order chi connectivity index (χ0) is 14.5. The second kappa shape index (κ2) is 7.00. The highest BCUT2D eigenvalue weighted by atomic mass is 16.2. The number of hydrogen-bond acceptors (Lipinski definition) is 4. The first-order valence-corrected chi connectivity index (χ1v) is 7.96. The monoisotopic (exact) mass is 288 g/mol. The summed E-state index contributed by atoms with van der Waals surface area (Å²) in [7, 11) is 0. The number of carbonyl (C=O) groups excluding carboxylic acids is 1. The molecule has 0 unspecified atom stereocenters. The summed E-state index contributed by atoms with van der Waals surface area (Å²) in [5, 5.41) is 3.36. The van der Waals surface area contributed by atoms with Crippen molar-refractivity contribution in [1.82, 2.24) is 20.1 Å². The molecule has 2 fully saturated rings. The van der Waals surface area contributed by atoms with Crippen LogP contribution in [-0.4, -0.2) is 59.5 Å². The van der Waals surface area contributed by atoms with Gasteiger partial charge in [0.25, 0.3) is 0 Å². The molecule has 1 atom stereocenters. The SMILES string of the molecule is O=C([C@@H]1CCCCN1)N1CCN(Cc2ccncc2)CC1. The number of piperazine rings is 1. The summed E-state index contributed by atoms with van der Waals surface area (Å²) < 4.78 is 0. The normalized spacial score (nSPS) is 24.0. The molecule has 5 heteroatoms. The van der Waals surface area contributed by atoms with Crippen LogP contribution in [0.25, 0.3) is 0 Å². The minimum absolute atomic E-state index is 0.0606. The van der Waals surface area contributed by atoms with Gasteiger partial charge in [-0.2, -0.15) is 0 Å². The van der Waals surface area contributed by atoms with Gasteiger partial charge in [0, 0.05) is 45.1 Å². The molecule has 5 nitrogen and oxygen atoms in total. The van der Waals surface area contributed by atoms with Crippen molar-refractivity contribution in [3.63, 3.8) is 0 Å². The number of nitrogens with zero attached hydrogens (tertiary/aromatic N) is 3. The summed E-state index contributed by atoms with van der Waals surface area (Å²) in [5.74, 6) is 0.304. The van der Waals surface area contributed by atoms with E-state index >= 15 is 0 Å². The lowest BCUT2D eigenvalue weighted by atomic mass is 10.0. The molecule has 2 aliphatic heterocycles. The van der Waals surface area contributed by atoms with Crippen LogP contribution in [0.15, 0.2) is 24.5 Å². The van der Waals surface area contributed by atoms with Crippen LogP contribution in [-0.2, 0) is 11.3 Å². The summed E-state index contributed by atoms with van der Waals surface area (Å²) in [6.45, 7) is 5.55. The quantitative estimate of drug-likeness (QED) is 0.896. The Labute approximate surface area is 126 Å². The van der Waals surface area contributed by atoms with Crippen LogP contribution >= 0.6 is 0 Å². The van der Waals surface area contributed by atoms with Gasteiger partial charge in [0.05, 0.1) is 6.04 Å². The number of rotatable bonds is 3. The lowest BCUT2D eigenvalue weighted by molar-refractivity contribution is -0.135. The average Bonchev–Trinajstić information content (AvgIpc) is 2.57. The van der Waals surface area contributed by atoms with E-state index in [0.717, 1.165) is 45.7 Å². The molecule has 1 N–H and O–H groups in total. The third-order valence-corrected chi connectivity index (χ3v) is 4.45. The van der Waals surface area contributed by atoms with Crippen molar-refractivity contribution >= 4 is 5.91 Å². The molecule has 1 amide bonds. The van der Waals surface area contributed by atoms with E-state index in [4.69, 9.17) is 0 Å². The smallest absolute Gasteiger partial charge is 0.239 e. The first kappa shape index (κ1) is 14.5. The number of amides is 1. The predicted octanol–water partition coefficient (Wildman–Crippen LogP) is 0.868. The lowest BCUT2D eigenvalue weighted by Gasteiger charge is -2.37. The van der Waals surface area contributed by atoms with Gasteiger partial charge in [-0.05, 0) is 37.1 Å². The number of piperidine rings is 1. The van der Waals surface area contributed by atoms with Crippen molar-refractivity contribution in [3.05, 3.63) is 30.1 Å². The van der Waals surface area contributed by atoms with Gasteiger partial charge in [-0.3, -0.25) is 14.7 Å². The minimum Gasteiger partial charge on any atom is -0.339 e. The highest BCUT2D eigenvalue weighted by Gasteiger charge is 2.28. The number of pyridine rings is 1. The Morgan fingerprint density at radius 2 is 1.95 bits per heavy atom. The van der Waals surface area contributed by atoms with E-state index < -0.39 is 0 Å². The number of hydrogen-bond donors (Lipinski definition) is 1. The maximum atomic E-state index is 12.5. The van der Waals surface area contributed by atoms with E-state index in [-0.39, 0.29) is 6.04 Å². The standard InChI is InChI=1S/C16H24N4O/c21-16(15-3-1-2-6-18-15)20-11-9-19(10-12-20)13-14-4-7-17-8-5-14/h4-5,7-8,15,18H,1-3,6,9-13H2/t15-/m0/s1. The summed E-state index contributed by atoms with van der Waals surface area (Å²) in [6, 6.07) is 4.18. The zero-order valence-electron chi connectivity index (χ0n) is 12.5. The zero-order valence-corrected chi connectivity index (χ0v) is 12.5. The van der Waals surface area contributed by atoms with Crippen molar-refractivity contribution in [2.24, 2.45) is 0 Å². The second-order valence-corrected chi connectivity index (χ2v) is 5.96. The average molecular weight is 288 g/mol. The first-order chi connectivity index (χ1) is 10.3. The second-order valence-electron chi connectivity index (χ2n) is 5.96. The summed E-state index contributed by atoms with van der Waals surface area (Å²) in [5.41, 5.74) is 1.29. The Morgan fingerprint density at radius 1 is 1.19 bits per heavy atom. The van der Waals surface area contributed by atoms with Crippen molar-refractivity contribution in [3.8, 4) is 0 Å². The molecule has 3 rings (SSSR count). The van der Waals surface area contributed by atoms with E-state index in [9.17, 15) is 4.79 Å². The molecule has 0 bridgehead atoms. The molecule has 2 saturated heterocycles. The number of aromatic nitrogens is 1. The molecule has 0 aliphatic carbocycles. The number of nitrogens with one attached hydrogen (secondary N) is 1. The minimum atomic E-state index is 0.0606. The van der Waals surface area contributed by atoms with Crippen LogP contribution in [0.1, 0.15) is 24.8 Å². The van der Waals surface area contributed by atoms with Crippen molar-refractivity contribution in [2.75, 3.05) is 32.7 Å². The van der Waals surface area contributed by atoms with Crippen molar-refractivity contribution in [2.45, 2.75) is 31.8 Å². The lowest BCUT2D eigenvalue weighted by Crippen LogP contribution is -2.54. The molecular weight excluding hydrogens is 264 g/mol. The predicted molar refractivity (Wildman–Crippen MR) is 81.7 cm³/mol. The fourth-order valence-corrected chi connectivity index (χ4v) is 3.16. The van der Waals surface area contributed by atoms with Crippen molar-refractivity contribution < 1.29 is 4.79 Å². The van der Waals surface area contributed by atoms with E-state index in [0.29, 0.717) is 5.91 Å². The number of carbonyl (C=O) groups is 1. The van der Waals surface area contributed by atoms with Gasteiger partial charge in [-0.1, -0.05) is 6.42 Å². The Balaban J connectivity index is 1.47. The van der Waals surface area contributed by atoms with Crippen LogP contribution in [0.4, 0.5) is 0 Å². The topological polar surface area (TPSA) is 48.5 Å². The van der Waals surface area contributed by atoms with Crippen LogP contribution in [0.5, 0.6) is 0 Å². The Hall–Kier alpha value is -1.46. The maximum absolute atomic E-state index is 12.5. The molecule has 0 aromatic carbocycles. The van der Waals surface area contributed by atoms with Crippen molar-refractivity contribution in [1.29, 1.82) is 0 Å². The Bertz CT molecular complexity index is 451. The summed E-state index contributed by atoms with van der Waals surface area (Å²) in [4.78, 5) is 20.9. The largest absolute Gasteiger partial charge is 0.339 e. The van der Waals surface area contributed by atoms with Gasteiger partial charge in [0.15, 0.2) is 0 Å². The third kappa shape index (κ3) is 3.80. The van der Waals surface area contributed by atoms with E-state index in [1.807, 2.05) is 17.3 Å². The third-order valence-electron chi connectivity index (χ3n) is 4.45. The fraction of sp³-hybridized carbons (Fsp3) is 0.625. The van der Waals surface area contributed by atoms with E-state index in [1.54, 1.807) is 0 Å². The molecule has 2 aliphatic rings. The summed E-state index contributed by atoms with van der Waals surface area (Å²) >= 11 is 0. The molecule has 0 spiro atoms. The highest BCUT2D eigenvalue weighted by molar-refractivity contribution is 5.82. The molecule has 3 heterocycles. The van der Waals surface area contributed by atoms with Crippen LogP contribution in [0.2, 0.25) is 0 Å². The molecule has 114 valence electrons. The van der Waals surface area contributed by atoms with Gasteiger partial charge in [-0.25, -0.2) is 0 Å². The maximum Gasteiger partial charge on any atom is 0.239 e. The molecular formula is C16H24N4O. The molecule has 0 radical (unpaired) electrons. The van der Waals surface area contributed by atoms with E-state index in [2.05, 4.69) is 27.3 Å². The van der Waals surface area contributed by atoms with Gasteiger partial charge in [-0.15, -0.1) is 0 Å². The van der Waals surface area contributed by atoms with Gasteiger partial charge < -0.3 is 10.2 Å². The Kier molecular flexibility index (Phi) is 4.83. The van der Waals surface area contributed by atoms with E-state index in [1.165, 1.54) is 18.4 Å². The summed E-state index contributed by atoms with van der Waals surface area (Å²) in [6.07, 6.45) is 7.04. The van der Waals surface area contributed by atoms with Crippen LogP contribution in [0, 0.1) is 0 Å². The molecule has 0 saturated carbocycles. The van der Waals surface area contributed by atoms with Gasteiger partial charge in [0.1, 0.15) is 0 Å². The molecule has 1 aromatic heterocycles. The Morgan fingerprint density at radius 3 is 2.62 bits per heavy atom. The highest BCUT2D eigenvalue weighted by Crippen LogP contribution is 2.13. The van der Waals surface area contributed by atoms with Gasteiger partial charge >= 0.3 is 0 Å². The fourth-order valence-electron chi connectivity index (χ4n) is 3.16.